The van der Waals surface area contributed by atoms with Crippen molar-refractivity contribution in [1.29, 1.82) is 0 Å². The number of fused-ring (bicyclic) bond motifs is 11. The van der Waals surface area contributed by atoms with Gasteiger partial charge in [-0.3, -0.25) is 0 Å². The first-order valence-electron chi connectivity index (χ1n) is 19.0. The monoisotopic (exact) mass is 732 g/mol. The summed E-state index contributed by atoms with van der Waals surface area (Å²) >= 11 is 1.86. The fraction of sp³-hybridized carbons (Fsp3) is 0. The van der Waals surface area contributed by atoms with E-state index in [0.717, 1.165) is 61.2 Å². The maximum atomic E-state index is 6.64. The predicted octanol–water partition coefficient (Wildman–Crippen LogP) is 15.3. The van der Waals surface area contributed by atoms with Gasteiger partial charge in [0.1, 0.15) is 11.2 Å². The first-order valence-corrected chi connectivity index (χ1v) is 19.8. The van der Waals surface area contributed by atoms with Crippen LogP contribution in [0.5, 0.6) is 0 Å². The number of para-hydroxylation sites is 4. The standard InChI is InChI=1S/C52H32N2OS/c1-2-17-37-33(14-1)30-31-42-50-36(21-13-28-48(50)55-51(37)42)34-15-11-16-35(32-34)53(47-27-12-22-41-40-20-5-10-29-49(40)56-52(41)47)45-25-8-9-26-46(45)54-43-23-6-3-18-38(43)39-19-4-7-24-44(39)54/h1-32H. The predicted molar refractivity (Wildman–Crippen MR) is 239 cm³/mol. The van der Waals surface area contributed by atoms with Gasteiger partial charge in [0.2, 0.25) is 0 Å². The molecule has 0 unspecified atom stereocenters. The molecule has 4 heteroatoms. The smallest absolute Gasteiger partial charge is 0.143 e. The Bertz CT molecular complexity index is 3460. The van der Waals surface area contributed by atoms with Crippen LogP contribution in [0.1, 0.15) is 0 Å². The van der Waals surface area contributed by atoms with Crippen molar-refractivity contribution in [3.05, 3.63) is 194 Å². The van der Waals surface area contributed by atoms with E-state index in [4.69, 9.17) is 4.42 Å². The Kier molecular flexibility index (Phi) is 6.80. The van der Waals surface area contributed by atoms with Crippen LogP contribution in [-0.4, -0.2) is 4.57 Å². The normalized spacial score (nSPS) is 11.9. The lowest BCUT2D eigenvalue weighted by Crippen LogP contribution is -2.13. The fourth-order valence-electron chi connectivity index (χ4n) is 8.95. The van der Waals surface area contributed by atoms with E-state index in [-0.39, 0.29) is 0 Å². The number of rotatable bonds is 5. The first-order chi connectivity index (χ1) is 27.8. The number of anilines is 3. The second kappa shape index (κ2) is 12.2. The van der Waals surface area contributed by atoms with E-state index >= 15 is 0 Å². The fourth-order valence-corrected chi connectivity index (χ4v) is 10.2. The van der Waals surface area contributed by atoms with E-state index in [2.05, 4.69) is 204 Å². The van der Waals surface area contributed by atoms with Crippen LogP contribution in [0.15, 0.2) is 199 Å². The van der Waals surface area contributed by atoms with Crippen molar-refractivity contribution in [1.82, 2.24) is 4.57 Å². The zero-order chi connectivity index (χ0) is 36.7. The number of benzene rings is 9. The molecule has 0 amide bonds. The molecule has 0 atom stereocenters. The van der Waals surface area contributed by atoms with Gasteiger partial charge in [-0.25, -0.2) is 0 Å². The van der Waals surface area contributed by atoms with Gasteiger partial charge in [-0.1, -0.05) is 133 Å². The van der Waals surface area contributed by atoms with Crippen molar-refractivity contribution in [3.63, 3.8) is 0 Å². The van der Waals surface area contributed by atoms with Gasteiger partial charge >= 0.3 is 0 Å². The molecule has 0 bridgehead atoms. The number of hydrogen-bond acceptors (Lipinski definition) is 3. The Balaban J connectivity index is 1.14. The van der Waals surface area contributed by atoms with Crippen molar-refractivity contribution < 1.29 is 4.42 Å². The zero-order valence-electron chi connectivity index (χ0n) is 30.2. The maximum absolute atomic E-state index is 6.64. The molecule has 9 aromatic carbocycles. The molecule has 0 aliphatic carbocycles. The van der Waals surface area contributed by atoms with Gasteiger partial charge in [0.15, 0.2) is 0 Å². The van der Waals surface area contributed by atoms with Gasteiger partial charge in [-0.15, -0.1) is 11.3 Å². The lowest BCUT2D eigenvalue weighted by molar-refractivity contribution is 0.673. The molecule has 0 spiro atoms. The minimum Gasteiger partial charge on any atom is -0.455 e. The molecular weight excluding hydrogens is 701 g/mol. The van der Waals surface area contributed by atoms with Gasteiger partial charge in [-0.05, 0) is 77.2 Å². The first kappa shape index (κ1) is 31.2. The summed E-state index contributed by atoms with van der Waals surface area (Å²) in [5, 5.41) is 9.60. The number of nitrogens with zero attached hydrogens (tertiary/aromatic N) is 2. The molecule has 3 heterocycles. The SMILES string of the molecule is c1cc(-c2cccc3oc4c5ccccc5ccc4c23)cc(N(c2ccccc2-n2c3ccccc3c3ccccc32)c2cccc3c2sc2ccccc23)c1. The molecule has 0 aliphatic heterocycles. The summed E-state index contributed by atoms with van der Waals surface area (Å²) in [6, 6.07) is 70.2. The summed E-state index contributed by atoms with van der Waals surface area (Å²) in [4.78, 5) is 2.47. The highest BCUT2D eigenvalue weighted by atomic mass is 32.1. The number of hydrogen-bond donors (Lipinski definition) is 0. The van der Waals surface area contributed by atoms with Crippen LogP contribution >= 0.6 is 11.3 Å². The van der Waals surface area contributed by atoms with Gasteiger partial charge in [0.25, 0.3) is 0 Å². The molecule has 56 heavy (non-hydrogen) atoms. The highest BCUT2D eigenvalue weighted by Gasteiger charge is 2.24. The quantitative estimate of drug-likeness (QED) is 0.176. The molecule has 0 N–H and O–H groups in total. The van der Waals surface area contributed by atoms with Crippen LogP contribution < -0.4 is 4.90 Å². The lowest BCUT2D eigenvalue weighted by Gasteiger charge is -2.29. The molecule has 3 aromatic heterocycles. The third-order valence-electron chi connectivity index (χ3n) is 11.4. The molecule has 3 nitrogen and oxygen atoms in total. The van der Waals surface area contributed by atoms with E-state index in [1.54, 1.807) is 0 Å². The molecule has 0 aliphatic rings. The third-order valence-corrected chi connectivity index (χ3v) is 12.6. The average molecular weight is 733 g/mol. The molecular formula is C52H32N2OS. The minimum atomic E-state index is 0.892. The Morgan fingerprint density at radius 3 is 1.98 bits per heavy atom. The van der Waals surface area contributed by atoms with E-state index in [9.17, 15) is 0 Å². The van der Waals surface area contributed by atoms with Gasteiger partial charge in [0.05, 0.1) is 32.8 Å². The second-order valence-corrected chi connectivity index (χ2v) is 15.5. The van der Waals surface area contributed by atoms with Crippen molar-refractivity contribution in [3.8, 4) is 16.8 Å². The second-order valence-electron chi connectivity index (χ2n) is 14.4. The van der Waals surface area contributed by atoms with E-state index in [0.29, 0.717) is 0 Å². The summed E-state index contributed by atoms with van der Waals surface area (Å²) in [6.07, 6.45) is 0. The molecule has 0 radical (unpaired) electrons. The van der Waals surface area contributed by atoms with Gasteiger partial charge in [-0.2, -0.15) is 0 Å². The minimum absolute atomic E-state index is 0.892. The van der Waals surface area contributed by atoms with Crippen molar-refractivity contribution >= 4 is 103 Å². The average Bonchev–Trinajstić information content (AvgIpc) is 3.95. The summed E-state index contributed by atoms with van der Waals surface area (Å²) in [7, 11) is 0. The number of thiophene rings is 1. The number of aromatic nitrogens is 1. The highest BCUT2D eigenvalue weighted by molar-refractivity contribution is 7.26. The molecule has 0 fully saturated rings. The largest absolute Gasteiger partial charge is 0.455 e. The van der Waals surface area contributed by atoms with Gasteiger partial charge < -0.3 is 13.9 Å². The van der Waals surface area contributed by atoms with Crippen LogP contribution in [-0.2, 0) is 0 Å². The Morgan fingerprint density at radius 1 is 0.464 bits per heavy atom. The third kappa shape index (κ3) is 4.57. The van der Waals surface area contributed by atoms with Crippen LogP contribution in [0.4, 0.5) is 17.1 Å². The molecule has 262 valence electrons. The number of furan rings is 1. The summed E-state index contributed by atoms with van der Waals surface area (Å²) < 4.78 is 11.6. The van der Waals surface area contributed by atoms with Gasteiger partial charge in [0, 0.05) is 48.1 Å². The Hall–Kier alpha value is -7.14. The lowest BCUT2D eigenvalue weighted by atomic mass is 9.97. The van der Waals surface area contributed by atoms with Crippen LogP contribution in [0.2, 0.25) is 0 Å². The van der Waals surface area contributed by atoms with Crippen molar-refractivity contribution in [2.75, 3.05) is 4.90 Å². The molecule has 0 saturated heterocycles. The molecule has 12 rings (SSSR count). The maximum Gasteiger partial charge on any atom is 0.143 e. The van der Waals surface area contributed by atoms with E-state index in [1.807, 2.05) is 11.3 Å². The summed E-state index contributed by atoms with van der Waals surface area (Å²) in [5.74, 6) is 0. The van der Waals surface area contributed by atoms with Crippen molar-refractivity contribution in [2.45, 2.75) is 0 Å². The highest BCUT2D eigenvalue weighted by Crippen LogP contribution is 2.48. The summed E-state index contributed by atoms with van der Waals surface area (Å²) in [6.45, 7) is 0. The summed E-state index contributed by atoms with van der Waals surface area (Å²) in [5.41, 5.74) is 10.9. The Morgan fingerprint density at radius 2 is 1.12 bits per heavy atom. The van der Waals surface area contributed by atoms with E-state index < -0.39 is 0 Å². The van der Waals surface area contributed by atoms with E-state index in [1.165, 1.54) is 47.4 Å². The zero-order valence-corrected chi connectivity index (χ0v) is 31.0. The van der Waals surface area contributed by atoms with Crippen LogP contribution in [0.25, 0.3) is 91.5 Å². The topological polar surface area (TPSA) is 21.3 Å². The van der Waals surface area contributed by atoms with Crippen molar-refractivity contribution in [2.24, 2.45) is 0 Å². The molecule has 0 saturated carbocycles. The van der Waals surface area contributed by atoms with Crippen LogP contribution in [0, 0.1) is 0 Å². The molecule has 12 aromatic rings. The van der Waals surface area contributed by atoms with Crippen LogP contribution in [0.3, 0.4) is 0 Å². The Labute approximate surface area is 326 Å².